The van der Waals surface area contributed by atoms with Gasteiger partial charge in [-0.1, -0.05) is 0 Å². The van der Waals surface area contributed by atoms with E-state index in [4.69, 9.17) is 14.2 Å². The molecule has 0 bridgehead atoms. The van der Waals surface area contributed by atoms with Gasteiger partial charge in [0.2, 0.25) is 0 Å². The topological polar surface area (TPSA) is 39.7 Å². The van der Waals surface area contributed by atoms with E-state index in [9.17, 15) is 0 Å². The first-order valence-electron chi connectivity index (χ1n) is 6.85. The molecule has 1 heterocycles. The summed E-state index contributed by atoms with van der Waals surface area (Å²) in [7, 11) is 5.10. The van der Waals surface area contributed by atoms with E-state index in [0.717, 1.165) is 36.1 Å². The van der Waals surface area contributed by atoms with Gasteiger partial charge in [0.25, 0.3) is 0 Å². The Labute approximate surface area is 114 Å². The second-order valence-corrected chi connectivity index (χ2v) is 5.23. The minimum absolute atomic E-state index is 0.377. The molecular weight excluding hydrogens is 242 g/mol. The van der Waals surface area contributed by atoms with Crippen molar-refractivity contribution in [1.29, 1.82) is 0 Å². The SMILES string of the molecule is COc1cc(OC)c(OC)c2c1CCNC2C1CC1. The van der Waals surface area contributed by atoms with Gasteiger partial charge < -0.3 is 19.5 Å². The third-order valence-electron chi connectivity index (χ3n) is 4.14. The molecule has 1 aromatic rings. The zero-order valence-electron chi connectivity index (χ0n) is 11.8. The summed E-state index contributed by atoms with van der Waals surface area (Å²) >= 11 is 0. The molecule has 1 N–H and O–H groups in total. The van der Waals surface area contributed by atoms with Gasteiger partial charge in [0.15, 0.2) is 11.5 Å². The Bertz CT molecular complexity index is 461. The maximum Gasteiger partial charge on any atom is 0.166 e. The van der Waals surface area contributed by atoms with Gasteiger partial charge in [0.1, 0.15) is 5.75 Å². The lowest BCUT2D eigenvalue weighted by molar-refractivity contribution is 0.329. The molecule has 1 atom stereocenters. The number of nitrogens with one attached hydrogen (secondary N) is 1. The van der Waals surface area contributed by atoms with Gasteiger partial charge in [-0.15, -0.1) is 0 Å². The number of methoxy groups -OCH3 is 3. The van der Waals surface area contributed by atoms with Crippen LogP contribution in [0.2, 0.25) is 0 Å². The number of fused-ring (bicyclic) bond motifs is 1. The average molecular weight is 263 g/mol. The molecule has 4 nitrogen and oxygen atoms in total. The molecule has 3 rings (SSSR count). The molecule has 4 heteroatoms. The van der Waals surface area contributed by atoms with Gasteiger partial charge in [-0.05, 0) is 31.7 Å². The van der Waals surface area contributed by atoms with Crippen LogP contribution >= 0.6 is 0 Å². The van der Waals surface area contributed by atoms with Crippen molar-refractivity contribution in [2.24, 2.45) is 5.92 Å². The van der Waals surface area contributed by atoms with Gasteiger partial charge in [-0.25, -0.2) is 0 Å². The van der Waals surface area contributed by atoms with Crippen molar-refractivity contribution >= 4 is 0 Å². The summed E-state index contributed by atoms with van der Waals surface area (Å²) in [6.45, 7) is 1.00. The summed E-state index contributed by atoms with van der Waals surface area (Å²) < 4.78 is 16.6. The van der Waals surface area contributed by atoms with Crippen LogP contribution in [0, 0.1) is 5.92 Å². The highest BCUT2D eigenvalue weighted by Crippen LogP contribution is 2.51. The van der Waals surface area contributed by atoms with E-state index in [1.54, 1.807) is 21.3 Å². The van der Waals surface area contributed by atoms with Crippen LogP contribution in [-0.2, 0) is 6.42 Å². The standard InChI is InChI=1S/C15H21NO3/c1-17-11-8-12(18-2)15(19-3)13-10(11)6-7-16-14(13)9-4-5-9/h8-9,14,16H,4-7H2,1-3H3. The molecule has 0 saturated heterocycles. The van der Waals surface area contributed by atoms with Crippen LogP contribution in [0.3, 0.4) is 0 Å². The Hall–Kier alpha value is -1.42. The molecule has 0 aromatic heterocycles. The highest BCUT2D eigenvalue weighted by atomic mass is 16.5. The van der Waals surface area contributed by atoms with E-state index < -0.39 is 0 Å². The Morgan fingerprint density at radius 3 is 2.37 bits per heavy atom. The summed E-state index contributed by atoms with van der Waals surface area (Å²) in [5, 5.41) is 3.62. The van der Waals surface area contributed by atoms with Gasteiger partial charge in [-0.2, -0.15) is 0 Å². The first kappa shape index (κ1) is 12.6. The van der Waals surface area contributed by atoms with E-state index in [1.807, 2.05) is 6.07 Å². The van der Waals surface area contributed by atoms with Crippen molar-refractivity contribution in [2.45, 2.75) is 25.3 Å². The lowest BCUT2D eigenvalue weighted by Crippen LogP contribution is -2.32. The van der Waals surface area contributed by atoms with Crippen molar-refractivity contribution < 1.29 is 14.2 Å². The van der Waals surface area contributed by atoms with E-state index in [-0.39, 0.29) is 0 Å². The monoisotopic (exact) mass is 263 g/mol. The van der Waals surface area contributed by atoms with Crippen LogP contribution in [0.4, 0.5) is 0 Å². The highest BCUT2D eigenvalue weighted by molar-refractivity contribution is 5.59. The molecule has 19 heavy (non-hydrogen) atoms. The predicted octanol–water partition coefficient (Wildman–Crippen LogP) is 2.31. The fraction of sp³-hybridized carbons (Fsp3) is 0.600. The molecule has 0 amide bonds. The minimum Gasteiger partial charge on any atom is -0.496 e. The second-order valence-electron chi connectivity index (χ2n) is 5.23. The van der Waals surface area contributed by atoms with Gasteiger partial charge in [0, 0.05) is 23.2 Å². The normalized spacial score (nSPS) is 21.7. The maximum atomic E-state index is 5.62. The van der Waals surface area contributed by atoms with Crippen molar-refractivity contribution in [3.8, 4) is 17.2 Å². The van der Waals surface area contributed by atoms with E-state index >= 15 is 0 Å². The highest BCUT2D eigenvalue weighted by Gasteiger charge is 2.38. The van der Waals surface area contributed by atoms with Gasteiger partial charge in [-0.3, -0.25) is 0 Å². The van der Waals surface area contributed by atoms with Crippen molar-refractivity contribution in [3.63, 3.8) is 0 Å². The zero-order chi connectivity index (χ0) is 13.4. The zero-order valence-corrected chi connectivity index (χ0v) is 11.8. The molecule has 1 aliphatic carbocycles. The number of ether oxygens (including phenoxy) is 3. The Kier molecular flexibility index (Phi) is 3.27. The Morgan fingerprint density at radius 2 is 1.79 bits per heavy atom. The molecule has 2 aliphatic rings. The lowest BCUT2D eigenvalue weighted by Gasteiger charge is -2.30. The van der Waals surface area contributed by atoms with Crippen molar-refractivity contribution in [1.82, 2.24) is 5.32 Å². The smallest absolute Gasteiger partial charge is 0.166 e. The number of hydrogen-bond donors (Lipinski definition) is 1. The summed E-state index contributed by atoms with van der Waals surface area (Å²) in [5.74, 6) is 3.26. The quantitative estimate of drug-likeness (QED) is 0.905. The Balaban J connectivity index is 2.18. The summed E-state index contributed by atoms with van der Waals surface area (Å²) in [5.41, 5.74) is 2.52. The number of rotatable bonds is 4. The average Bonchev–Trinajstić information content (AvgIpc) is 3.29. The first-order chi connectivity index (χ1) is 9.30. The maximum absolute atomic E-state index is 5.62. The van der Waals surface area contributed by atoms with Crippen LogP contribution in [0.5, 0.6) is 17.2 Å². The molecular formula is C15H21NO3. The van der Waals surface area contributed by atoms with E-state index in [0.29, 0.717) is 6.04 Å². The van der Waals surface area contributed by atoms with Crippen LogP contribution in [0.1, 0.15) is 30.0 Å². The second kappa shape index (κ2) is 4.93. The minimum atomic E-state index is 0.377. The summed E-state index contributed by atoms with van der Waals surface area (Å²) in [6.07, 6.45) is 3.56. The molecule has 1 aliphatic heterocycles. The predicted molar refractivity (Wildman–Crippen MR) is 73.3 cm³/mol. The van der Waals surface area contributed by atoms with Gasteiger partial charge in [0.05, 0.1) is 21.3 Å². The van der Waals surface area contributed by atoms with E-state index in [1.165, 1.54) is 24.0 Å². The number of benzene rings is 1. The molecule has 1 fully saturated rings. The molecule has 104 valence electrons. The fourth-order valence-corrected chi connectivity index (χ4v) is 3.09. The third kappa shape index (κ3) is 2.04. The Morgan fingerprint density at radius 1 is 1.05 bits per heavy atom. The molecule has 1 aromatic carbocycles. The summed E-state index contributed by atoms with van der Waals surface area (Å²) in [6, 6.07) is 2.31. The fourth-order valence-electron chi connectivity index (χ4n) is 3.09. The van der Waals surface area contributed by atoms with Crippen LogP contribution in [-0.4, -0.2) is 27.9 Å². The van der Waals surface area contributed by atoms with Crippen LogP contribution in [0.25, 0.3) is 0 Å². The van der Waals surface area contributed by atoms with Crippen molar-refractivity contribution in [3.05, 3.63) is 17.2 Å². The lowest BCUT2D eigenvalue weighted by atomic mass is 9.89. The molecule has 0 radical (unpaired) electrons. The molecule has 1 saturated carbocycles. The largest absolute Gasteiger partial charge is 0.496 e. The van der Waals surface area contributed by atoms with Crippen LogP contribution in [0.15, 0.2) is 6.07 Å². The van der Waals surface area contributed by atoms with Gasteiger partial charge >= 0.3 is 0 Å². The first-order valence-corrected chi connectivity index (χ1v) is 6.85. The van der Waals surface area contributed by atoms with Crippen LogP contribution < -0.4 is 19.5 Å². The molecule has 1 unspecified atom stereocenters. The summed E-state index contributed by atoms with van der Waals surface area (Å²) in [4.78, 5) is 0. The van der Waals surface area contributed by atoms with E-state index in [2.05, 4.69) is 5.32 Å². The molecule has 0 spiro atoms. The third-order valence-corrected chi connectivity index (χ3v) is 4.14. The van der Waals surface area contributed by atoms with Crippen molar-refractivity contribution in [2.75, 3.05) is 27.9 Å². The number of hydrogen-bond acceptors (Lipinski definition) is 4.